The number of carboxylic acid groups (broad SMARTS) is 1. The van der Waals surface area contributed by atoms with Crippen molar-refractivity contribution in [1.29, 1.82) is 0 Å². The number of hydrogen-bond donors (Lipinski definition) is 3. The Kier molecular flexibility index (Phi) is 7.01. The Balaban J connectivity index is 1.45. The number of aromatic nitrogens is 5. The second-order valence-corrected chi connectivity index (χ2v) is 10.3. The minimum atomic E-state index is -1.18. The van der Waals surface area contributed by atoms with Crippen LogP contribution in [0.15, 0.2) is 16.4 Å². The number of hydrogen-bond acceptors (Lipinski definition) is 11. The third-order valence-electron chi connectivity index (χ3n) is 5.32. The summed E-state index contributed by atoms with van der Waals surface area (Å²) < 4.78 is 3.37. The van der Waals surface area contributed by atoms with E-state index >= 15 is 0 Å². The molecule has 0 aliphatic carbocycles. The minimum Gasteiger partial charge on any atom is -0.479 e. The molecule has 1 unspecified atom stereocenters. The lowest BCUT2D eigenvalue weighted by molar-refractivity contribution is -0.160. The summed E-state index contributed by atoms with van der Waals surface area (Å²) in [7, 11) is 3.86. The minimum absolute atomic E-state index is 0.0138. The summed E-state index contributed by atoms with van der Waals surface area (Å²) in [5, 5.41) is 23.9. The van der Waals surface area contributed by atoms with Gasteiger partial charge in [0.2, 0.25) is 16.6 Å². The molecule has 1 saturated heterocycles. The first-order chi connectivity index (χ1) is 16.2. The van der Waals surface area contributed by atoms with Gasteiger partial charge in [0.1, 0.15) is 11.4 Å². The summed E-state index contributed by atoms with van der Waals surface area (Å²) in [6.45, 7) is 1.35. The number of carboxylic acids is 1. The van der Waals surface area contributed by atoms with E-state index < -0.39 is 29.3 Å². The van der Waals surface area contributed by atoms with Gasteiger partial charge in [-0.15, -0.1) is 23.1 Å². The number of nitrogen functional groups attached to an aromatic ring is 1. The first-order valence-electron chi connectivity index (χ1n) is 10.2. The molecule has 0 bridgehead atoms. The highest BCUT2D eigenvalue weighted by Crippen LogP contribution is 2.40. The maximum absolute atomic E-state index is 12.8. The van der Waals surface area contributed by atoms with Crippen molar-refractivity contribution in [3.8, 4) is 0 Å². The molecule has 2 amide bonds. The Hall–Kier alpha value is -2.82. The fourth-order valence-electron chi connectivity index (χ4n) is 3.65. The van der Waals surface area contributed by atoms with E-state index in [0.29, 0.717) is 27.7 Å². The summed E-state index contributed by atoms with van der Waals surface area (Å²) >= 11 is 7.92. The number of carbonyl (C=O) groups is 3. The van der Waals surface area contributed by atoms with Gasteiger partial charge in [-0.1, -0.05) is 0 Å². The molecule has 0 aromatic carbocycles. The van der Waals surface area contributed by atoms with Gasteiger partial charge in [0.25, 0.3) is 0 Å². The largest absolute Gasteiger partial charge is 0.479 e. The molecule has 13 nitrogen and oxygen atoms in total. The van der Waals surface area contributed by atoms with Gasteiger partial charge >= 0.3 is 5.97 Å². The van der Waals surface area contributed by atoms with Crippen LogP contribution in [0.5, 0.6) is 0 Å². The van der Waals surface area contributed by atoms with E-state index in [1.807, 2.05) is 19.0 Å². The number of nitrogens with one attached hydrogen (secondary N) is 1. The van der Waals surface area contributed by atoms with Crippen molar-refractivity contribution in [3.63, 3.8) is 0 Å². The summed E-state index contributed by atoms with van der Waals surface area (Å²) in [4.78, 5) is 44.6. The molecular weight excluding hydrogens is 502 g/mol. The summed E-state index contributed by atoms with van der Waals surface area (Å²) in [6.07, 6.45) is -0.0138. The lowest BCUT2D eigenvalue weighted by Crippen LogP contribution is -2.74. The Morgan fingerprint density at radius 1 is 1.32 bits per heavy atom. The molecule has 3 atom stereocenters. The standard InChI is InChI=1S/C18H23N9O4S3/c1-24(2)3-4-25-18(32)26(23-22-25)6-9-7-33-15-12(14(29)27(15)13(9)16(30)31)21-11(28)5-10-8-34-17(19)20-10/h7-8,12-13,15H,3-6H2,1-2H3,(H2,19,20)(H,21,28)(H,30,31)/t12-,13?,15-/m0/s1. The van der Waals surface area contributed by atoms with Crippen LogP contribution in [0.2, 0.25) is 0 Å². The maximum Gasteiger partial charge on any atom is 0.330 e. The molecule has 2 aliphatic rings. The molecule has 2 aromatic heterocycles. The molecule has 1 fully saturated rings. The number of β-lactam (4-membered cyclic amide) rings is 1. The highest BCUT2D eigenvalue weighted by atomic mass is 32.2. The van der Waals surface area contributed by atoms with E-state index in [0.717, 1.165) is 6.54 Å². The first kappa shape index (κ1) is 24.3. The van der Waals surface area contributed by atoms with E-state index in [9.17, 15) is 19.5 Å². The fraction of sp³-hybridized carbons (Fsp3) is 0.500. The lowest BCUT2D eigenvalue weighted by Gasteiger charge is -2.51. The highest BCUT2D eigenvalue weighted by molar-refractivity contribution is 8.02. The topological polar surface area (TPSA) is 164 Å². The summed E-state index contributed by atoms with van der Waals surface area (Å²) in [6, 6.07) is -2.00. The molecule has 2 aromatic rings. The Labute approximate surface area is 207 Å². The number of anilines is 1. The normalized spacial score (nSPS) is 21.7. The predicted molar refractivity (Wildman–Crippen MR) is 127 cm³/mol. The van der Waals surface area contributed by atoms with Gasteiger partial charge in [0.15, 0.2) is 11.2 Å². The number of thiazole rings is 1. The first-order valence-corrected chi connectivity index (χ1v) is 12.4. The number of tetrazole rings is 1. The van der Waals surface area contributed by atoms with Crippen molar-refractivity contribution in [2.75, 3.05) is 26.4 Å². The number of fused-ring (bicyclic) bond motifs is 1. The highest BCUT2D eigenvalue weighted by Gasteiger charge is 2.55. The third kappa shape index (κ3) is 4.84. The average Bonchev–Trinajstić information content (AvgIpc) is 3.34. The van der Waals surface area contributed by atoms with Crippen molar-refractivity contribution in [2.24, 2.45) is 0 Å². The van der Waals surface area contributed by atoms with E-state index in [-0.39, 0.29) is 18.9 Å². The molecule has 0 spiro atoms. The van der Waals surface area contributed by atoms with E-state index in [2.05, 4.69) is 20.7 Å². The molecular formula is C18H23N9O4S3. The van der Waals surface area contributed by atoms with Crippen LogP contribution in [0.25, 0.3) is 0 Å². The fourth-order valence-corrected chi connectivity index (χ4v) is 5.65. The van der Waals surface area contributed by atoms with Crippen LogP contribution in [0.3, 0.4) is 0 Å². The van der Waals surface area contributed by atoms with Crippen molar-refractivity contribution >= 4 is 58.2 Å². The number of rotatable bonds is 9. The summed E-state index contributed by atoms with van der Waals surface area (Å²) in [5.41, 5.74) is 6.56. The van der Waals surface area contributed by atoms with Crippen LogP contribution in [0.4, 0.5) is 5.13 Å². The predicted octanol–water partition coefficient (Wildman–Crippen LogP) is -0.611. The molecule has 4 N–H and O–H groups in total. The van der Waals surface area contributed by atoms with Gasteiger partial charge in [-0.2, -0.15) is 0 Å². The van der Waals surface area contributed by atoms with Crippen LogP contribution in [-0.2, 0) is 33.9 Å². The van der Waals surface area contributed by atoms with Gasteiger partial charge in [-0.25, -0.2) is 19.1 Å². The van der Waals surface area contributed by atoms with Gasteiger partial charge < -0.3 is 26.0 Å². The lowest BCUT2D eigenvalue weighted by atomic mass is 9.98. The number of likely N-dealkylation sites (N-methyl/N-ethyl adjacent to an activating group) is 1. The SMILES string of the molecule is CN(C)CCn1nnn(CC2=CS[C@H]3[C@@H](NC(=O)Cc4csc(N)n4)C(=O)N3C2C(=O)O)c1=S. The Morgan fingerprint density at radius 3 is 2.71 bits per heavy atom. The van der Waals surface area contributed by atoms with Gasteiger partial charge in [0.05, 0.1) is 25.2 Å². The van der Waals surface area contributed by atoms with Crippen LogP contribution >= 0.6 is 35.3 Å². The summed E-state index contributed by atoms with van der Waals surface area (Å²) in [5.74, 6) is -2.01. The molecule has 2 aliphatic heterocycles. The zero-order chi connectivity index (χ0) is 24.6. The average molecular weight is 526 g/mol. The maximum atomic E-state index is 12.8. The second kappa shape index (κ2) is 9.81. The number of amides is 2. The Morgan fingerprint density at radius 2 is 2.06 bits per heavy atom. The smallest absolute Gasteiger partial charge is 0.330 e. The van der Waals surface area contributed by atoms with Crippen LogP contribution < -0.4 is 11.1 Å². The van der Waals surface area contributed by atoms with Crippen molar-refractivity contribution in [3.05, 3.63) is 26.8 Å². The molecule has 182 valence electrons. The molecule has 4 rings (SSSR count). The van der Waals surface area contributed by atoms with Crippen LogP contribution in [0.1, 0.15) is 5.69 Å². The van der Waals surface area contributed by atoms with E-state index in [1.165, 1.54) is 32.7 Å². The van der Waals surface area contributed by atoms with Crippen molar-refractivity contribution < 1.29 is 19.5 Å². The second-order valence-electron chi connectivity index (χ2n) is 8.05. The molecule has 34 heavy (non-hydrogen) atoms. The van der Waals surface area contributed by atoms with Crippen LogP contribution in [0, 0.1) is 4.77 Å². The van der Waals surface area contributed by atoms with Crippen LogP contribution in [-0.4, -0.2) is 95.6 Å². The van der Waals surface area contributed by atoms with Gasteiger partial charge in [0, 0.05) is 11.9 Å². The number of aliphatic carboxylic acids is 1. The zero-order valence-electron chi connectivity index (χ0n) is 18.3. The molecule has 0 saturated carbocycles. The molecule has 0 radical (unpaired) electrons. The number of carbonyl (C=O) groups excluding carboxylic acids is 2. The Bertz CT molecular complexity index is 1200. The van der Waals surface area contributed by atoms with Crippen molar-refractivity contribution in [2.45, 2.75) is 37.0 Å². The zero-order valence-corrected chi connectivity index (χ0v) is 20.8. The van der Waals surface area contributed by atoms with Gasteiger partial charge in [-0.3, -0.25) is 9.59 Å². The van der Waals surface area contributed by atoms with E-state index in [4.69, 9.17) is 18.0 Å². The number of thioether (sulfide) groups is 1. The van der Waals surface area contributed by atoms with Gasteiger partial charge in [-0.05, 0) is 47.7 Å². The third-order valence-corrected chi connectivity index (χ3v) is 7.68. The molecule has 4 heterocycles. The van der Waals surface area contributed by atoms with E-state index in [1.54, 1.807) is 15.5 Å². The monoisotopic (exact) mass is 525 g/mol. The number of nitrogens with zero attached hydrogens (tertiary/aromatic N) is 7. The van der Waals surface area contributed by atoms with Crippen molar-refractivity contribution in [1.82, 2.24) is 39.9 Å². The quantitative estimate of drug-likeness (QED) is 0.282. The molecule has 16 heteroatoms. The number of nitrogens with two attached hydrogens (primary N) is 1.